The van der Waals surface area contributed by atoms with E-state index in [2.05, 4.69) is 113 Å². The van der Waals surface area contributed by atoms with Crippen LogP contribution in [0.3, 0.4) is 0 Å². The van der Waals surface area contributed by atoms with E-state index in [0.29, 0.717) is 32.3 Å². The number of carbonyl (C=O) groups is 7. The summed E-state index contributed by atoms with van der Waals surface area (Å²) in [4.78, 5) is 72.5. The van der Waals surface area contributed by atoms with Crippen molar-refractivity contribution >= 4 is 89.6 Å². The number of quaternary nitrogens is 1. The number of aliphatic hydroxyl groups excluding tert-OH is 3. The van der Waals surface area contributed by atoms with E-state index in [4.69, 9.17) is 44.6 Å². The van der Waals surface area contributed by atoms with Crippen molar-refractivity contribution in [3.8, 4) is 0 Å². The Hall–Kier alpha value is -2.56. The summed E-state index contributed by atoms with van der Waals surface area (Å²) >= 11 is 10.1. The number of aliphatic carboxylic acids is 4. The van der Waals surface area contributed by atoms with Gasteiger partial charge in [-0.05, 0) is 155 Å². The van der Waals surface area contributed by atoms with Crippen LogP contribution in [0.15, 0.2) is 0 Å². The van der Waals surface area contributed by atoms with Gasteiger partial charge in [-0.25, -0.2) is 4.79 Å². The maximum absolute atomic E-state index is 12.4. The van der Waals surface area contributed by atoms with Crippen LogP contribution in [0.5, 0.6) is 0 Å². The zero-order valence-corrected chi connectivity index (χ0v) is 89.3. The second-order valence-corrected chi connectivity index (χ2v) is 37.5. The first-order valence-electron chi connectivity index (χ1n) is 53.2. The van der Waals surface area contributed by atoms with Crippen LogP contribution in [-0.2, 0) is 47.8 Å². The minimum atomic E-state index is -2.07. The molecule has 0 amide bonds. The predicted octanol–water partition coefficient (Wildman–Crippen LogP) is 30.8. The van der Waals surface area contributed by atoms with Gasteiger partial charge < -0.3 is 60.1 Å². The number of carboxylic acids is 4. The van der Waals surface area contributed by atoms with E-state index in [1.807, 2.05) is 0 Å². The smallest absolute Gasteiger partial charge is 0.351 e. The Morgan fingerprint density at radius 2 is 0.523 bits per heavy atom. The lowest BCUT2D eigenvalue weighted by molar-refractivity contribution is -0.656. The number of hydrogen-bond donors (Lipinski definition) is 7. The molecular weight excluding hydrogens is 1810 g/mol. The number of ether oxygens (including phenoxy) is 3. The van der Waals surface area contributed by atoms with E-state index < -0.39 is 23.9 Å². The van der Waals surface area contributed by atoms with E-state index in [0.717, 1.165) is 145 Å². The topological polar surface area (TPSA) is 308 Å². The summed E-state index contributed by atoms with van der Waals surface area (Å²) in [6.45, 7) is 25.5. The highest BCUT2D eigenvalue weighted by molar-refractivity contribution is 9.09. The van der Waals surface area contributed by atoms with Gasteiger partial charge in [-0.1, -0.05) is 425 Å². The van der Waals surface area contributed by atoms with Gasteiger partial charge in [-0.15, -0.1) is 0 Å². The highest BCUT2D eigenvalue weighted by Gasteiger charge is 2.17. The van der Waals surface area contributed by atoms with Crippen LogP contribution < -0.4 is 10.4 Å². The van der Waals surface area contributed by atoms with E-state index in [-0.39, 0.29) is 56.4 Å². The molecule has 1 unspecified atom stereocenters. The minimum absolute atomic E-state index is 0. The number of nitrogens with two attached hydrogens (primary N) is 1. The normalized spacial score (nSPS) is 10.8. The van der Waals surface area contributed by atoms with Gasteiger partial charge in [0.1, 0.15) is 12.2 Å². The van der Waals surface area contributed by atoms with Gasteiger partial charge in [0, 0.05) is 48.6 Å². The van der Waals surface area contributed by atoms with Gasteiger partial charge in [-0.2, -0.15) is 0 Å². The van der Waals surface area contributed by atoms with E-state index in [1.54, 1.807) is 6.92 Å². The highest BCUT2D eigenvalue weighted by Crippen LogP contribution is 2.23. The first-order valence-corrected chi connectivity index (χ1v) is 56.6. The van der Waals surface area contributed by atoms with Crippen molar-refractivity contribution in [3.63, 3.8) is 0 Å². The summed E-state index contributed by atoms with van der Waals surface area (Å²) in [5.41, 5.74) is 0. The Balaban J connectivity index is -0.000000191. The fourth-order valence-corrected chi connectivity index (χ4v) is 15.5. The third-order valence-electron chi connectivity index (χ3n) is 22.3. The third-order valence-corrected chi connectivity index (χ3v) is 24.0. The summed E-state index contributed by atoms with van der Waals surface area (Å²) in [5, 5.41) is 66.6. The second-order valence-electron chi connectivity index (χ2n) is 35.2. The molecule has 0 aromatic carbocycles. The van der Waals surface area contributed by atoms with Crippen LogP contribution in [0.2, 0.25) is 0 Å². The fraction of sp³-hybridized carbons (Fsp3) is 0.925. The molecule has 1 atom stereocenters. The Morgan fingerprint density at radius 3 is 0.734 bits per heavy atom. The standard InChI is InChI=1S/C27H55NO3.C25H49BrO2.C17H36O.C17H35O.C8H15BrO2.C6H11BrO2.C4H8O2.C2H2O4.CH4/c1-3-5-7-9-12-16-20-26(21-17-13-10-8-6-4-2)31-27(30)22-18-14-11-15-19-23-28-24-25-29;1-3-5-7-9-12-16-20-24(21-17-13-10-8-6-4-2)28-25(27)22-18-14-11-15-19-23-26;2*1-3-5-7-9-11-13-15-17(18)16-14-12-10-8-6-4-2;9-7-5-3-1-2-4-6-8(10)11;7-5-3-1-2-4-6(8)9;1-3-6-4(2)5;3-1(4)2(5)6;/h26,28-29H,3-25H2,1-2H3;24H,3-23H2,1-2H3;17-18H,3-16H2,1-2H3;17-18H,1,3-16H2,2H3;1-7H2,(H,10,11);1-5H2,(H,8,9);3H2,1-2H3;(H,3,4)(H,5,6);1H4/q;;;+1;;;;;. The molecule has 21 heteroatoms. The lowest BCUT2D eigenvalue weighted by Crippen LogP contribution is -2.85. The fourth-order valence-electron chi connectivity index (χ4n) is 14.3. The Bertz CT molecular complexity index is 2010. The summed E-state index contributed by atoms with van der Waals surface area (Å²) in [6.07, 6.45) is 92.9. The Morgan fingerprint density at radius 1 is 0.312 bits per heavy atom. The monoisotopic (exact) mass is 2020 g/mol. The maximum atomic E-state index is 12.4. The molecule has 0 spiro atoms. The van der Waals surface area contributed by atoms with Gasteiger partial charge in [0.25, 0.3) is 0 Å². The van der Waals surface area contributed by atoms with Crippen molar-refractivity contribution in [2.24, 2.45) is 0 Å². The van der Waals surface area contributed by atoms with Gasteiger partial charge in [0.2, 0.25) is 0 Å². The van der Waals surface area contributed by atoms with Crippen molar-refractivity contribution < 1.29 is 88.8 Å². The maximum Gasteiger partial charge on any atom is 0.351 e. The number of halogens is 3. The summed E-state index contributed by atoms with van der Waals surface area (Å²) in [5.74, 6) is -5.52. The lowest BCUT2D eigenvalue weighted by Gasteiger charge is -2.18. The zero-order chi connectivity index (χ0) is 96.3. The van der Waals surface area contributed by atoms with E-state index >= 15 is 0 Å². The molecule has 8 N–H and O–H groups in total. The molecule has 0 aliphatic carbocycles. The molecule has 0 saturated heterocycles. The average Bonchev–Trinajstić information content (AvgIpc) is 0.964. The molecule has 0 aromatic rings. The van der Waals surface area contributed by atoms with Crippen molar-refractivity contribution in [1.29, 1.82) is 0 Å². The van der Waals surface area contributed by atoms with Crippen molar-refractivity contribution in [2.45, 2.75) is 595 Å². The lowest BCUT2D eigenvalue weighted by atomic mass is 10.0. The molecule has 770 valence electrons. The quantitative estimate of drug-likeness (QED) is 0.00743. The number of hydrogen-bond acceptors (Lipinski definition) is 14. The summed E-state index contributed by atoms with van der Waals surface area (Å²) in [6, 6.07) is 0. The SMILES string of the molecule is C.CCCCCCCCC(CCCCCCCC)OC(=O)CCCCCCCBr.CCCCCCCCC(CCCCCCCC)OC(=O)CCCCCCC[NH2+]CCO.CCCCCCCCC(O)CCCCCCCC.CCOC(C)=O.O=C(O)CCCCCBr.O=C(O)CCCCCCCBr.O=C([O-])C(=O)O.[CH2+]CCCCCCCC(O)CCCCCCCC. The predicted molar refractivity (Wildman–Crippen MR) is 554 cm³/mol. The number of rotatable bonds is 88. The van der Waals surface area contributed by atoms with Crippen molar-refractivity contribution in [2.75, 3.05) is 42.3 Å². The molecule has 0 aromatic heterocycles. The molecule has 0 aliphatic heterocycles. The average molecular weight is 2030 g/mol. The van der Waals surface area contributed by atoms with Gasteiger partial charge >= 0.3 is 35.8 Å². The molecule has 0 heterocycles. The largest absolute Gasteiger partial charge is 0.539 e. The summed E-state index contributed by atoms with van der Waals surface area (Å²) in [7, 11) is 0. The molecule has 0 aliphatic rings. The first kappa shape index (κ1) is 143. The van der Waals surface area contributed by atoms with E-state index in [9.17, 15) is 34.2 Å². The Labute approximate surface area is 817 Å². The molecule has 0 rings (SSSR count). The van der Waals surface area contributed by atoms with Crippen LogP contribution in [-0.4, -0.2) is 139 Å². The Kier molecular flexibility index (Phi) is 149. The number of carboxylic acid groups (broad SMARTS) is 4. The number of esters is 3. The zero-order valence-electron chi connectivity index (χ0n) is 84.5. The third kappa shape index (κ3) is 155. The number of alkyl halides is 3. The van der Waals surface area contributed by atoms with Gasteiger partial charge in [0.15, 0.2) is 5.97 Å². The molecule has 18 nitrogen and oxygen atoms in total. The van der Waals surface area contributed by atoms with Crippen molar-refractivity contribution in [3.05, 3.63) is 6.92 Å². The van der Waals surface area contributed by atoms with Crippen LogP contribution in [0.25, 0.3) is 0 Å². The number of unbranched alkanes of at least 4 members (excludes halogenated alkanes) is 54. The van der Waals surface area contributed by atoms with Crippen molar-refractivity contribution in [1.82, 2.24) is 0 Å². The van der Waals surface area contributed by atoms with Gasteiger partial charge in [0.05, 0.1) is 51.9 Å². The van der Waals surface area contributed by atoms with Gasteiger partial charge in [-0.3, -0.25) is 24.0 Å². The molecule has 128 heavy (non-hydrogen) atoms. The van der Waals surface area contributed by atoms with Crippen LogP contribution in [0, 0.1) is 6.92 Å². The highest BCUT2D eigenvalue weighted by atomic mass is 79.9. The molecule has 0 fully saturated rings. The first-order chi connectivity index (χ1) is 61.5. The number of carbonyl (C=O) groups excluding carboxylic acids is 4. The molecule has 0 saturated carbocycles. The molecule has 0 radical (unpaired) electrons. The minimum Gasteiger partial charge on any atom is -0.539 e. The molecule has 0 bridgehead atoms. The van der Waals surface area contributed by atoms with E-state index in [1.165, 1.54) is 366 Å². The molecular formula is C107H215Br3NO17+. The van der Waals surface area contributed by atoms with Crippen LogP contribution in [0.4, 0.5) is 0 Å². The second kappa shape index (κ2) is 133. The van der Waals surface area contributed by atoms with Crippen LogP contribution in [0.1, 0.15) is 571 Å². The van der Waals surface area contributed by atoms with Crippen LogP contribution >= 0.6 is 47.8 Å². The number of aliphatic hydroxyl groups is 3. The summed E-state index contributed by atoms with van der Waals surface area (Å²) < 4.78 is 16.2.